The van der Waals surface area contributed by atoms with Crippen molar-refractivity contribution in [2.75, 3.05) is 5.32 Å². The summed E-state index contributed by atoms with van der Waals surface area (Å²) < 4.78 is 0. The van der Waals surface area contributed by atoms with E-state index in [-0.39, 0.29) is 11.1 Å². The number of benzene rings is 1. The molecule has 0 bridgehead atoms. The first-order chi connectivity index (χ1) is 8.67. The smallest absolute Gasteiger partial charge is 0.0612 e. The molecule has 0 amide bonds. The van der Waals surface area contributed by atoms with E-state index in [0.29, 0.717) is 16.1 Å². The molecular weight excluding hydrogens is 279 g/mol. The van der Waals surface area contributed by atoms with E-state index >= 15 is 0 Å². The number of halogens is 2. The molecule has 19 heavy (non-hydrogen) atoms. The van der Waals surface area contributed by atoms with Crippen molar-refractivity contribution in [1.82, 2.24) is 5.32 Å². The van der Waals surface area contributed by atoms with Gasteiger partial charge in [-0.1, -0.05) is 23.2 Å². The minimum absolute atomic E-state index is 0.135. The third kappa shape index (κ3) is 4.01. The topological polar surface area (TPSA) is 24.1 Å². The van der Waals surface area contributed by atoms with Crippen molar-refractivity contribution >= 4 is 28.9 Å². The minimum Gasteiger partial charge on any atom is -0.382 e. The van der Waals surface area contributed by atoms with Crippen molar-refractivity contribution in [3.63, 3.8) is 0 Å². The lowest BCUT2D eigenvalue weighted by Crippen LogP contribution is -2.60. The summed E-state index contributed by atoms with van der Waals surface area (Å²) in [5.41, 5.74) is 1.30. The maximum Gasteiger partial charge on any atom is 0.0612 e. The van der Waals surface area contributed by atoms with E-state index < -0.39 is 0 Å². The zero-order chi connectivity index (χ0) is 14.3. The second-order valence-electron chi connectivity index (χ2n) is 6.77. The number of anilines is 1. The number of piperidine rings is 1. The van der Waals surface area contributed by atoms with Gasteiger partial charge in [-0.3, -0.25) is 0 Å². The molecule has 0 saturated carbocycles. The van der Waals surface area contributed by atoms with Crippen molar-refractivity contribution < 1.29 is 0 Å². The van der Waals surface area contributed by atoms with Gasteiger partial charge in [-0.05, 0) is 58.7 Å². The molecule has 2 nitrogen and oxygen atoms in total. The highest BCUT2D eigenvalue weighted by atomic mass is 35.5. The highest BCUT2D eigenvalue weighted by molar-refractivity contribution is 6.42. The van der Waals surface area contributed by atoms with Gasteiger partial charge < -0.3 is 10.6 Å². The Balaban J connectivity index is 2.11. The lowest BCUT2D eigenvalue weighted by Gasteiger charge is -2.47. The van der Waals surface area contributed by atoms with E-state index in [1.54, 1.807) is 0 Å². The molecule has 1 heterocycles. The van der Waals surface area contributed by atoms with E-state index in [1.165, 1.54) is 0 Å². The fourth-order valence-corrected chi connectivity index (χ4v) is 3.54. The molecule has 106 valence electrons. The van der Waals surface area contributed by atoms with Gasteiger partial charge in [0.05, 0.1) is 10.0 Å². The van der Waals surface area contributed by atoms with Gasteiger partial charge in [0.25, 0.3) is 0 Å². The molecule has 1 aliphatic rings. The second kappa shape index (κ2) is 5.16. The average Bonchev–Trinajstić information content (AvgIpc) is 2.18. The third-order valence-electron chi connectivity index (χ3n) is 3.48. The molecular formula is C15H22Cl2N2. The summed E-state index contributed by atoms with van der Waals surface area (Å²) in [5, 5.41) is 8.45. The molecule has 0 spiro atoms. The second-order valence-corrected chi connectivity index (χ2v) is 7.59. The monoisotopic (exact) mass is 300 g/mol. The Bertz CT molecular complexity index is 453. The van der Waals surface area contributed by atoms with Gasteiger partial charge in [-0.25, -0.2) is 0 Å². The zero-order valence-electron chi connectivity index (χ0n) is 12.0. The molecule has 4 heteroatoms. The highest BCUT2D eigenvalue weighted by Gasteiger charge is 2.37. The van der Waals surface area contributed by atoms with Crippen molar-refractivity contribution in [2.45, 2.75) is 57.7 Å². The Morgan fingerprint density at radius 1 is 1.05 bits per heavy atom. The molecule has 1 aliphatic heterocycles. The Labute approximate surface area is 125 Å². The van der Waals surface area contributed by atoms with Crippen LogP contribution in [-0.2, 0) is 0 Å². The first-order valence-electron chi connectivity index (χ1n) is 6.68. The van der Waals surface area contributed by atoms with Crippen LogP contribution in [0.5, 0.6) is 0 Å². The van der Waals surface area contributed by atoms with Crippen LogP contribution in [0.3, 0.4) is 0 Å². The molecule has 0 unspecified atom stereocenters. The van der Waals surface area contributed by atoms with E-state index in [4.69, 9.17) is 23.2 Å². The maximum atomic E-state index is 6.06. The molecule has 1 aromatic rings. The van der Waals surface area contributed by atoms with Crippen LogP contribution < -0.4 is 10.6 Å². The number of hydrogen-bond acceptors (Lipinski definition) is 2. The van der Waals surface area contributed by atoms with Crippen LogP contribution >= 0.6 is 23.2 Å². The lowest BCUT2D eigenvalue weighted by atomic mass is 9.79. The molecule has 0 aromatic heterocycles. The Kier molecular flexibility index (Phi) is 4.06. The van der Waals surface area contributed by atoms with Crippen molar-refractivity contribution in [2.24, 2.45) is 0 Å². The van der Waals surface area contributed by atoms with E-state index in [9.17, 15) is 0 Å². The fourth-order valence-electron chi connectivity index (χ4n) is 3.25. The predicted molar refractivity (Wildman–Crippen MR) is 84.4 cm³/mol. The van der Waals surface area contributed by atoms with Gasteiger partial charge in [-0.2, -0.15) is 0 Å². The first-order valence-corrected chi connectivity index (χ1v) is 7.43. The molecule has 0 atom stereocenters. The summed E-state index contributed by atoms with van der Waals surface area (Å²) in [7, 11) is 0. The summed E-state index contributed by atoms with van der Waals surface area (Å²) in [6, 6.07) is 6.15. The Morgan fingerprint density at radius 2 is 1.63 bits per heavy atom. The quantitative estimate of drug-likeness (QED) is 0.826. The number of nitrogens with one attached hydrogen (secondary N) is 2. The first kappa shape index (κ1) is 15.0. The molecule has 1 saturated heterocycles. The average molecular weight is 301 g/mol. The Hall–Kier alpha value is -0.440. The number of hydrogen-bond donors (Lipinski definition) is 2. The van der Waals surface area contributed by atoms with Crippen LogP contribution in [0, 0.1) is 0 Å². The summed E-state index contributed by atoms with van der Waals surface area (Å²) >= 11 is 12.0. The van der Waals surface area contributed by atoms with Gasteiger partial charge in [0.2, 0.25) is 0 Å². The molecule has 0 aliphatic carbocycles. The van der Waals surface area contributed by atoms with Crippen LogP contribution in [0.25, 0.3) is 0 Å². The minimum atomic E-state index is 0.135. The molecule has 0 radical (unpaired) electrons. The Morgan fingerprint density at radius 3 is 2.16 bits per heavy atom. The van der Waals surface area contributed by atoms with Crippen LogP contribution in [0.4, 0.5) is 5.69 Å². The maximum absolute atomic E-state index is 6.06. The van der Waals surface area contributed by atoms with Gasteiger partial charge in [0.1, 0.15) is 0 Å². The van der Waals surface area contributed by atoms with Gasteiger partial charge in [0.15, 0.2) is 0 Å². The summed E-state index contributed by atoms with van der Waals surface area (Å²) in [4.78, 5) is 0. The van der Waals surface area contributed by atoms with Crippen LogP contribution in [0.1, 0.15) is 40.5 Å². The summed E-state index contributed by atoms with van der Waals surface area (Å²) in [6.45, 7) is 8.99. The number of rotatable bonds is 2. The standard InChI is InChI=1S/C15H22Cl2N2/c1-14(2)8-11(9-15(3,4)19-14)18-10-5-6-12(16)13(17)7-10/h5-7,11,18-19H,8-9H2,1-4H3. The van der Waals surface area contributed by atoms with Gasteiger partial charge in [-0.15, -0.1) is 0 Å². The molecule has 2 rings (SSSR count). The normalized spacial score (nSPS) is 22.2. The summed E-state index contributed by atoms with van der Waals surface area (Å²) in [6.07, 6.45) is 2.16. The van der Waals surface area contributed by atoms with Crippen molar-refractivity contribution in [3.05, 3.63) is 28.2 Å². The van der Waals surface area contributed by atoms with E-state index in [2.05, 4.69) is 38.3 Å². The SMILES string of the molecule is CC1(C)CC(Nc2ccc(Cl)c(Cl)c2)CC(C)(C)N1. The van der Waals surface area contributed by atoms with Gasteiger partial charge in [0, 0.05) is 22.8 Å². The molecule has 1 fully saturated rings. The van der Waals surface area contributed by atoms with Gasteiger partial charge >= 0.3 is 0 Å². The van der Waals surface area contributed by atoms with Crippen molar-refractivity contribution in [3.8, 4) is 0 Å². The third-order valence-corrected chi connectivity index (χ3v) is 4.22. The van der Waals surface area contributed by atoms with Crippen LogP contribution in [0.15, 0.2) is 18.2 Å². The predicted octanol–water partition coefficient (Wildman–Crippen LogP) is 4.71. The highest BCUT2D eigenvalue weighted by Crippen LogP contribution is 2.32. The fraction of sp³-hybridized carbons (Fsp3) is 0.600. The lowest BCUT2D eigenvalue weighted by molar-refractivity contribution is 0.170. The summed E-state index contributed by atoms with van der Waals surface area (Å²) in [5.74, 6) is 0. The molecule has 2 N–H and O–H groups in total. The van der Waals surface area contributed by atoms with Crippen LogP contribution in [-0.4, -0.2) is 17.1 Å². The largest absolute Gasteiger partial charge is 0.382 e. The molecule has 1 aromatic carbocycles. The van der Waals surface area contributed by atoms with Crippen molar-refractivity contribution in [1.29, 1.82) is 0 Å². The van der Waals surface area contributed by atoms with E-state index in [0.717, 1.165) is 18.5 Å². The van der Waals surface area contributed by atoms with E-state index in [1.807, 2.05) is 18.2 Å². The van der Waals surface area contributed by atoms with Crippen LogP contribution in [0.2, 0.25) is 10.0 Å². The zero-order valence-corrected chi connectivity index (χ0v) is 13.5.